The third-order valence-electron chi connectivity index (χ3n) is 2.45. The lowest BCUT2D eigenvalue weighted by Crippen LogP contribution is -2.20. The zero-order valence-electron chi connectivity index (χ0n) is 8.83. The monoisotopic (exact) mass is 195 g/mol. The van der Waals surface area contributed by atoms with Crippen molar-refractivity contribution in [2.45, 2.75) is 19.9 Å². The zero-order chi connectivity index (χ0) is 10.7. The van der Waals surface area contributed by atoms with E-state index in [1.165, 1.54) is 0 Å². The lowest BCUT2D eigenvalue weighted by atomic mass is 10.0. The molecule has 78 valence electrons. The molecule has 1 atom stereocenters. The maximum absolute atomic E-state index is 9.58. The summed E-state index contributed by atoms with van der Waals surface area (Å²) in [6, 6.07) is 3.72. The Balaban J connectivity index is 3.11. The first-order valence-corrected chi connectivity index (χ1v) is 4.68. The molecule has 0 fully saturated rings. The lowest BCUT2D eigenvalue weighted by molar-refractivity contribution is 0.251. The lowest BCUT2D eigenvalue weighted by Gasteiger charge is -2.15. The molecule has 1 unspecified atom stereocenters. The number of likely N-dealkylation sites (N-methyl/N-ethyl adjacent to an activating group) is 1. The Hall–Kier alpha value is -1.06. The Morgan fingerprint density at radius 1 is 1.29 bits per heavy atom. The van der Waals surface area contributed by atoms with Crippen molar-refractivity contribution in [2.75, 3.05) is 13.7 Å². The van der Waals surface area contributed by atoms with E-state index in [2.05, 4.69) is 5.32 Å². The maximum Gasteiger partial charge on any atom is 0.121 e. The SMILES string of the molecule is CNC(CO)c1cc(C)c(O)c(C)c1. The minimum Gasteiger partial charge on any atom is -0.507 e. The molecule has 1 aromatic carbocycles. The van der Waals surface area contributed by atoms with Crippen molar-refractivity contribution in [3.63, 3.8) is 0 Å². The summed E-state index contributed by atoms with van der Waals surface area (Å²) in [5, 5.41) is 21.7. The molecular weight excluding hydrogens is 178 g/mol. The van der Waals surface area contributed by atoms with E-state index in [0.717, 1.165) is 16.7 Å². The Labute approximate surface area is 84.4 Å². The molecule has 3 N–H and O–H groups in total. The molecule has 14 heavy (non-hydrogen) atoms. The molecule has 0 amide bonds. The van der Waals surface area contributed by atoms with E-state index < -0.39 is 0 Å². The van der Waals surface area contributed by atoms with Gasteiger partial charge in [-0.25, -0.2) is 0 Å². The quantitative estimate of drug-likeness (QED) is 0.680. The first-order chi connectivity index (χ1) is 6.60. The van der Waals surface area contributed by atoms with Crippen molar-refractivity contribution in [1.29, 1.82) is 0 Å². The molecule has 0 heterocycles. The Morgan fingerprint density at radius 2 is 1.79 bits per heavy atom. The van der Waals surface area contributed by atoms with Crippen LogP contribution in [0, 0.1) is 13.8 Å². The van der Waals surface area contributed by atoms with Gasteiger partial charge in [0.05, 0.1) is 12.6 Å². The minimum atomic E-state index is -0.0620. The third-order valence-corrected chi connectivity index (χ3v) is 2.45. The van der Waals surface area contributed by atoms with Gasteiger partial charge in [-0.15, -0.1) is 0 Å². The fourth-order valence-corrected chi connectivity index (χ4v) is 1.55. The zero-order valence-corrected chi connectivity index (χ0v) is 8.83. The van der Waals surface area contributed by atoms with E-state index in [9.17, 15) is 5.11 Å². The average Bonchev–Trinajstić information content (AvgIpc) is 2.16. The van der Waals surface area contributed by atoms with Gasteiger partial charge in [-0.05, 0) is 37.6 Å². The van der Waals surface area contributed by atoms with Gasteiger partial charge < -0.3 is 15.5 Å². The molecule has 0 spiro atoms. The van der Waals surface area contributed by atoms with Crippen LogP contribution >= 0.6 is 0 Å². The van der Waals surface area contributed by atoms with Crippen LogP contribution in [0.4, 0.5) is 0 Å². The third kappa shape index (κ3) is 2.05. The molecule has 0 aliphatic heterocycles. The number of hydrogen-bond donors (Lipinski definition) is 3. The van der Waals surface area contributed by atoms with Crippen LogP contribution in [-0.2, 0) is 0 Å². The summed E-state index contributed by atoms with van der Waals surface area (Å²) >= 11 is 0. The summed E-state index contributed by atoms with van der Waals surface area (Å²) in [7, 11) is 1.80. The van der Waals surface area contributed by atoms with Gasteiger partial charge in [0.15, 0.2) is 0 Å². The highest BCUT2D eigenvalue weighted by Crippen LogP contribution is 2.25. The second-order valence-corrected chi connectivity index (χ2v) is 3.53. The number of aliphatic hydroxyl groups excluding tert-OH is 1. The average molecular weight is 195 g/mol. The first kappa shape index (κ1) is 11.0. The summed E-state index contributed by atoms with van der Waals surface area (Å²) in [5.41, 5.74) is 2.69. The molecule has 1 aromatic rings. The van der Waals surface area contributed by atoms with Crippen LogP contribution in [0.1, 0.15) is 22.7 Å². The smallest absolute Gasteiger partial charge is 0.121 e. The largest absolute Gasteiger partial charge is 0.507 e. The number of hydrogen-bond acceptors (Lipinski definition) is 3. The summed E-state index contributed by atoms with van der Waals surface area (Å²) in [6.07, 6.45) is 0. The van der Waals surface area contributed by atoms with E-state index >= 15 is 0 Å². The fraction of sp³-hybridized carbons (Fsp3) is 0.455. The molecule has 0 saturated carbocycles. The summed E-state index contributed by atoms with van der Waals surface area (Å²) in [6.45, 7) is 3.77. The van der Waals surface area contributed by atoms with Crippen molar-refractivity contribution in [3.8, 4) is 5.75 Å². The van der Waals surface area contributed by atoms with Crippen LogP contribution in [0.25, 0.3) is 0 Å². The van der Waals surface area contributed by atoms with Gasteiger partial charge in [-0.2, -0.15) is 0 Å². The van der Waals surface area contributed by atoms with Gasteiger partial charge in [-0.1, -0.05) is 12.1 Å². The van der Waals surface area contributed by atoms with Crippen molar-refractivity contribution in [2.24, 2.45) is 0 Å². The number of aryl methyl sites for hydroxylation is 2. The second kappa shape index (κ2) is 4.44. The van der Waals surface area contributed by atoms with E-state index in [-0.39, 0.29) is 12.6 Å². The molecule has 0 aromatic heterocycles. The predicted octanol–water partition coefficient (Wildman–Crippen LogP) is 1.26. The number of phenolic OH excluding ortho intramolecular Hbond substituents is 1. The van der Waals surface area contributed by atoms with Gasteiger partial charge in [0, 0.05) is 0 Å². The van der Waals surface area contributed by atoms with Crippen molar-refractivity contribution in [1.82, 2.24) is 5.32 Å². The number of nitrogens with one attached hydrogen (secondary N) is 1. The Kier molecular flexibility index (Phi) is 3.49. The normalized spacial score (nSPS) is 12.9. The van der Waals surface area contributed by atoms with Crippen LogP contribution in [0.2, 0.25) is 0 Å². The first-order valence-electron chi connectivity index (χ1n) is 4.68. The van der Waals surface area contributed by atoms with E-state index in [4.69, 9.17) is 5.11 Å². The Bertz CT molecular complexity index is 296. The van der Waals surface area contributed by atoms with Crippen LogP contribution in [-0.4, -0.2) is 23.9 Å². The number of rotatable bonds is 3. The maximum atomic E-state index is 9.58. The summed E-state index contributed by atoms with van der Waals surface area (Å²) in [5.74, 6) is 0.335. The molecule has 3 nitrogen and oxygen atoms in total. The molecule has 0 saturated heterocycles. The van der Waals surface area contributed by atoms with Crippen molar-refractivity contribution >= 4 is 0 Å². The molecule has 3 heteroatoms. The van der Waals surface area contributed by atoms with E-state index in [1.54, 1.807) is 7.05 Å². The molecule has 0 aliphatic rings. The predicted molar refractivity (Wildman–Crippen MR) is 56.5 cm³/mol. The molecule has 1 rings (SSSR count). The molecule has 0 bridgehead atoms. The van der Waals surface area contributed by atoms with Crippen molar-refractivity contribution in [3.05, 3.63) is 28.8 Å². The number of phenols is 1. The van der Waals surface area contributed by atoms with Crippen LogP contribution < -0.4 is 5.32 Å². The van der Waals surface area contributed by atoms with Crippen LogP contribution in [0.5, 0.6) is 5.75 Å². The van der Waals surface area contributed by atoms with Crippen LogP contribution in [0.15, 0.2) is 12.1 Å². The Morgan fingerprint density at radius 3 is 2.14 bits per heavy atom. The van der Waals surface area contributed by atoms with Gasteiger partial charge in [0.1, 0.15) is 5.75 Å². The standard InChI is InChI=1S/C11H17NO2/c1-7-4-9(10(6-13)12-3)5-8(2)11(7)14/h4-5,10,12-14H,6H2,1-3H3. The molecular formula is C11H17NO2. The van der Waals surface area contributed by atoms with Gasteiger partial charge in [-0.3, -0.25) is 0 Å². The van der Waals surface area contributed by atoms with Gasteiger partial charge >= 0.3 is 0 Å². The highest BCUT2D eigenvalue weighted by atomic mass is 16.3. The number of aliphatic hydroxyl groups is 1. The molecule has 0 aliphatic carbocycles. The minimum absolute atomic E-state index is 0.0557. The fourth-order valence-electron chi connectivity index (χ4n) is 1.55. The summed E-state index contributed by atoms with van der Waals surface area (Å²) in [4.78, 5) is 0. The topological polar surface area (TPSA) is 52.5 Å². The molecule has 0 radical (unpaired) electrons. The number of aromatic hydroxyl groups is 1. The van der Waals surface area contributed by atoms with Crippen LogP contribution in [0.3, 0.4) is 0 Å². The number of benzene rings is 1. The van der Waals surface area contributed by atoms with Gasteiger partial charge in [0.25, 0.3) is 0 Å². The highest BCUT2D eigenvalue weighted by molar-refractivity contribution is 5.43. The van der Waals surface area contributed by atoms with Crippen molar-refractivity contribution < 1.29 is 10.2 Å². The second-order valence-electron chi connectivity index (χ2n) is 3.53. The highest BCUT2D eigenvalue weighted by Gasteiger charge is 2.10. The summed E-state index contributed by atoms with van der Waals surface area (Å²) < 4.78 is 0. The van der Waals surface area contributed by atoms with E-state index in [1.807, 2.05) is 26.0 Å². The van der Waals surface area contributed by atoms with E-state index in [0.29, 0.717) is 5.75 Å². The van der Waals surface area contributed by atoms with Gasteiger partial charge in [0.2, 0.25) is 0 Å².